The Balaban J connectivity index is 0.00000106. The summed E-state index contributed by atoms with van der Waals surface area (Å²) < 4.78 is 11.0. The number of anilines is 1. The zero-order valence-electron chi connectivity index (χ0n) is 23.1. The van der Waals surface area contributed by atoms with Crippen LogP contribution in [0.1, 0.15) is 80.3 Å². The molecule has 2 aromatic carbocycles. The van der Waals surface area contributed by atoms with Gasteiger partial charge in [-0.25, -0.2) is 9.37 Å². The van der Waals surface area contributed by atoms with Gasteiger partial charge < -0.3 is 9.69 Å². The molecular weight excluding hydrogens is 447 g/mol. The van der Waals surface area contributed by atoms with Gasteiger partial charge >= 0.3 is 0 Å². The SMILES string of the molecule is CC(=O)CCc1ccc(CCN(Cc2ccc(C)cc2)c2ccc(C(C)C)cn2)cc1C.CC(C)F. The number of Topliss-reactive ketones (excluding diaryl/α,β-unsaturated/α-hetero) is 1. The fourth-order valence-electron chi connectivity index (χ4n) is 3.88. The molecule has 0 fully saturated rings. The lowest BCUT2D eigenvalue weighted by Crippen LogP contribution is -2.26. The van der Waals surface area contributed by atoms with Crippen molar-refractivity contribution >= 4 is 11.6 Å². The number of aryl methyl sites for hydroxylation is 3. The predicted octanol–water partition coefficient (Wildman–Crippen LogP) is 7.96. The Morgan fingerprint density at radius 1 is 0.917 bits per heavy atom. The highest BCUT2D eigenvalue weighted by atomic mass is 19.1. The molecule has 1 heterocycles. The Hall–Kier alpha value is -3.01. The minimum Gasteiger partial charge on any atom is -0.352 e. The summed E-state index contributed by atoms with van der Waals surface area (Å²) in [5.74, 6) is 1.74. The average Bonchev–Trinajstić information content (AvgIpc) is 2.82. The van der Waals surface area contributed by atoms with Gasteiger partial charge in [-0.2, -0.15) is 0 Å². The number of pyridine rings is 1. The molecule has 194 valence electrons. The smallest absolute Gasteiger partial charge is 0.130 e. The van der Waals surface area contributed by atoms with Crippen molar-refractivity contribution in [3.05, 3.63) is 94.2 Å². The summed E-state index contributed by atoms with van der Waals surface area (Å²) in [6.07, 6.45) is 3.74. The molecule has 0 unspecified atom stereocenters. The number of carbonyl (C=O) groups is 1. The second-order valence-corrected chi connectivity index (χ2v) is 10.2. The molecule has 0 spiro atoms. The van der Waals surface area contributed by atoms with Crippen LogP contribution >= 0.6 is 0 Å². The van der Waals surface area contributed by atoms with Gasteiger partial charge in [0.1, 0.15) is 11.6 Å². The molecule has 0 aliphatic rings. The number of carbonyl (C=O) groups excluding carboxylic acids is 1. The molecule has 4 heteroatoms. The summed E-state index contributed by atoms with van der Waals surface area (Å²) in [6.45, 7) is 15.1. The number of aromatic nitrogens is 1. The van der Waals surface area contributed by atoms with E-state index < -0.39 is 6.17 Å². The molecule has 3 nitrogen and oxygen atoms in total. The zero-order chi connectivity index (χ0) is 26.7. The molecule has 36 heavy (non-hydrogen) atoms. The number of benzene rings is 2. The van der Waals surface area contributed by atoms with E-state index in [-0.39, 0.29) is 5.78 Å². The third kappa shape index (κ3) is 10.3. The Kier molecular flexibility index (Phi) is 11.8. The largest absolute Gasteiger partial charge is 0.352 e. The number of nitrogens with zero attached hydrogens (tertiary/aromatic N) is 2. The van der Waals surface area contributed by atoms with Crippen LogP contribution < -0.4 is 4.90 Å². The van der Waals surface area contributed by atoms with Crippen molar-refractivity contribution in [3.63, 3.8) is 0 Å². The predicted molar refractivity (Wildman–Crippen MR) is 151 cm³/mol. The molecule has 0 atom stereocenters. The van der Waals surface area contributed by atoms with Crippen LogP contribution in [0.15, 0.2) is 60.8 Å². The Morgan fingerprint density at radius 3 is 2.08 bits per heavy atom. The van der Waals surface area contributed by atoms with Crippen molar-refractivity contribution in [1.29, 1.82) is 0 Å². The Labute approximate surface area is 217 Å². The van der Waals surface area contributed by atoms with Crippen LogP contribution in [0.3, 0.4) is 0 Å². The van der Waals surface area contributed by atoms with E-state index in [9.17, 15) is 9.18 Å². The van der Waals surface area contributed by atoms with Gasteiger partial charge in [-0.15, -0.1) is 0 Å². The van der Waals surface area contributed by atoms with Crippen molar-refractivity contribution in [2.75, 3.05) is 11.4 Å². The first-order valence-corrected chi connectivity index (χ1v) is 13.0. The fourth-order valence-corrected chi connectivity index (χ4v) is 3.88. The number of hydrogen-bond donors (Lipinski definition) is 0. The fraction of sp³-hybridized carbons (Fsp3) is 0.438. The van der Waals surface area contributed by atoms with Gasteiger partial charge in [0.15, 0.2) is 0 Å². The first-order valence-electron chi connectivity index (χ1n) is 13.0. The van der Waals surface area contributed by atoms with E-state index in [4.69, 9.17) is 4.98 Å². The molecular formula is C32H43FN2O. The standard InChI is InChI=1S/C29H36N2O.C3H7F/c1-21(2)28-14-15-29(30-19-28)31(20-26-9-6-22(3)7-10-26)17-16-25-11-13-27(23(4)18-25)12-8-24(5)32;1-3(2)4/h6-7,9-11,13-15,18-19,21H,8,12,16-17,20H2,1-5H3;3H,1-2H3. The first-order chi connectivity index (χ1) is 17.0. The summed E-state index contributed by atoms with van der Waals surface area (Å²) in [4.78, 5) is 18.5. The number of alkyl halides is 1. The molecule has 0 saturated heterocycles. The zero-order valence-corrected chi connectivity index (χ0v) is 23.1. The van der Waals surface area contributed by atoms with Crippen LogP contribution in [0, 0.1) is 13.8 Å². The number of hydrogen-bond acceptors (Lipinski definition) is 3. The summed E-state index contributed by atoms with van der Waals surface area (Å²) in [5, 5.41) is 0. The van der Waals surface area contributed by atoms with E-state index in [1.165, 1.54) is 47.2 Å². The quantitative estimate of drug-likeness (QED) is 0.289. The number of rotatable bonds is 10. The van der Waals surface area contributed by atoms with Gasteiger partial charge in [0, 0.05) is 25.7 Å². The first kappa shape index (κ1) is 29.2. The van der Waals surface area contributed by atoms with Gasteiger partial charge in [-0.1, -0.05) is 67.9 Å². The van der Waals surface area contributed by atoms with Crippen molar-refractivity contribution < 1.29 is 9.18 Å². The normalized spacial score (nSPS) is 10.8. The summed E-state index contributed by atoms with van der Waals surface area (Å²) >= 11 is 0. The molecule has 1 aromatic heterocycles. The molecule has 0 N–H and O–H groups in total. The minimum absolute atomic E-state index is 0.246. The van der Waals surface area contributed by atoms with Gasteiger partial charge in [-0.05, 0) is 87.3 Å². The molecule has 0 bridgehead atoms. The van der Waals surface area contributed by atoms with E-state index in [0.29, 0.717) is 12.3 Å². The molecule has 3 rings (SSSR count). The van der Waals surface area contributed by atoms with Crippen LogP contribution in [0.25, 0.3) is 0 Å². The van der Waals surface area contributed by atoms with Crippen LogP contribution in [0.4, 0.5) is 10.2 Å². The van der Waals surface area contributed by atoms with E-state index in [1.807, 2.05) is 6.20 Å². The van der Waals surface area contributed by atoms with E-state index in [2.05, 4.69) is 87.2 Å². The van der Waals surface area contributed by atoms with Crippen molar-refractivity contribution in [1.82, 2.24) is 4.98 Å². The van der Waals surface area contributed by atoms with E-state index in [1.54, 1.807) is 6.92 Å². The molecule has 0 amide bonds. The Bertz CT molecular complexity index is 1070. The van der Waals surface area contributed by atoms with E-state index in [0.717, 1.165) is 31.7 Å². The van der Waals surface area contributed by atoms with Gasteiger partial charge in [0.2, 0.25) is 0 Å². The van der Waals surface area contributed by atoms with Crippen molar-refractivity contribution in [2.24, 2.45) is 0 Å². The van der Waals surface area contributed by atoms with Crippen molar-refractivity contribution in [2.45, 2.75) is 86.4 Å². The third-order valence-corrected chi connectivity index (χ3v) is 6.08. The van der Waals surface area contributed by atoms with E-state index >= 15 is 0 Å². The number of ketones is 1. The lowest BCUT2D eigenvalue weighted by atomic mass is 9.99. The molecule has 0 aliphatic heterocycles. The maximum absolute atomic E-state index is 11.3. The topological polar surface area (TPSA) is 33.2 Å². The summed E-state index contributed by atoms with van der Waals surface area (Å²) in [6, 6.07) is 19.8. The summed E-state index contributed by atoms with van der Waals surface area (Å²) in [7, 11) is 0. The number of halogens is 1. The molecule has 0 radical (unpaired) electrons. The van der Waals surface area contributed by atoms with Crippen LogP contribution in [0.5, 0.6) is 0 Å². The second kappa shape index (κ2) is 14.5. The van der Waals surface area contributed by atoms with Crippen LogP contribution in [-0.2, 0) is 24.2 Å². The summed E-state index contributed by atoms with van der Waals surface area (Å²) in [5.41, 5.74) is 7.70. The Morgan fingerprint density at radius 2 is 1.56 bits per heavy atom. The maximum Gasteiger partial charge on any atom is 0.130 e. The lowest BCUT2D eigenvalue weighted by Gasteiger charge is -2.25. The monoisotopic (exact) mass is 490 g/mol. The molecule has 0 aliphatic carbocycles. The van der Waals surface area contributed by atoms with Gasteiger partial charge in [0.05, 0.1) is 6.17 Å². The second-order valence-electron chi connectivity index (χ2n) is 10.2. The molecule has 3 aromatic rings. The highest BCUT2D eigenvalue weighted by molar-refractivity contribution is 5.75. The average molecular weight is 491 g/mol. The van der Waals surface area contributed by atoms with Crippen molar-refractivity contribution in [3.8, 4) is 0 Å². The van der Waals surface area contributed by atoms with Crippen LogP contribution in [-0.4, -0.2) is 23.5 Å². The lowest BCUT2D eigenvalue weighted by molar-refractivity contribution is -0.116. The third-order valence-electron chi connectivity index (χ3n) is 6.08. The van der Waals surface area contributed by atoms with Gasteiger partial charge in [0.25, 0.3) is 0 Å². The van der Waals surface area contributed by atoms with Crippen LogP contribution in [0.2, 0.25) is 0 Å². The maximum atomic E-state index is 11.3. The molecule has 0 saturated carbocycles. The minimum atomic E-state index is -0.667. The van der Waals surface area contributed by atoms with Gasteiger partial charge in [-0.3, -0.25) is 0 Å². The highest BCUT2D eigenvalue weighted by Gasteiger charge is 2.11. The highest BCUT2D eigenvalue weighted by Crippen LogP contribution is 2.21.